The van der Waals surface area contributed by atoms with Gasteiger partial charge in [-0.1, -0.05) is 6.07 Å². The molecule has 0 radical (unpaired) electrons. The minimum absolute atomic E-state index is 0.0818. The van der Waals surface area contributed by atoms with Gasteiger partial charge in [0.2, 0.25) is 0 Å². The molecule has 19 heavy (non-hydrogen) atoms. The summed E-state index contributed by atoms with van der Waals surface area (Å²) in [6.07, 6.45) is 0. The van der Waals surface area contributed by atoms with Gasteiger partial charge < -0.3 is 10.2 Å². The van der Waals surface area contributed by atoms with Crippen LogP contribution in [0.1, 0.15) is 15.4 Å². The van der Waals surface area contributed by atoms with E-state index < -0.39 is 0 Å². The van der Waals surface area contributed by atoms with Crippen molar-refractivity contribution in [3.8, 4) is 0 Å². The Morgan fingerprint density at radius 3 is 2.95 bits per heavy atom. The maximum Gasteiger partial charge on any atom is 0.272 e. The molecule has 0 saturated carbocycles. The van der Waals surface area contributed by atoms with E-state index in [4.69, 9.17) is 0 Å². The molecule has 1 N–H and O–H groups in total. The molecule has 0 bridgehead atoms. The van der Waals surface area contributed by atoms with Crippen molar-refractivity contribution in [2.75, 3.05) is 19.4 Å². The lowest BCUT2D eigenvalue weighted by molar-refractivity contribution is 0.0781. The van der Waals surface area contributed by atoms with Gasteiger partial charge in [-0.25, -0.2) is 4.98 Å². The third-order valence-corrected chi connectivity index (χ3v) is 4.27. The van der Waals surface area contributed by atoms with E-state index in [-0.39, 0.29) is 5.91 Å². The number of carbonyl (C=O) groups excluding carboxylic acids is 1. The van der Waals surface area contributed by atoms with Crippen LogP contribution in [0.2, 0.25) is 0 Å². The van der Waals surface area contributed by atoms with Crippen LogP contribution in [0.15, 0.2) is 34.1 Å². The van der Waals surface area contributed by atoms with Gasteiger partial charge in [0, 0.05) is 28.8 Å². The van der Waals surface area contributed by atoms with Gasteiger partial charge >= 0.3 is 0 Å². The van der Waals surface area contributed by atoms with Gasteiger partial charge in [-0.05, 0) is 34.1 Å². The van der Waals surface area contributed by atoms with Gasteiger partial charge in [-0.15, -0.1) is 11.3 Å². The Hall–Kier alpha value is -1.40. The third kappa shape index (κ3) is 3.54. The maximum absolute atomic E-state index is 12.3. The molecule has 0 aromatic carbocycles. The zero-order valence-electron chi connectivity index (χ0n) is 10.7. The molecular formula is C13H14BrN3OS. The topological polar surface area (TPSA) is 45.2 Å². The van der Waals surface area contributed by atoms with E-state index >= 15 is 0 Å². The van der Waals surface area contributed by atoms with Crippen LogP contribution in [0.4, 0.5) is 5.82 Å². The van der Waals surface area contributed by atoms with Crippen LogP contribution in [0.25, 0.3) is 0 Å². The summed E-state index contributed by atoms with van der Waals surface area (Å²) in [6, 6.07) is 7.39. The number of anilines is 1. The van der Waals surface area contributed by atoms with Gasteiger partial charge in [-0.2, -0.15) is 0 Å². The van der Waals surface area contributed by atoms with Crippen LogP contribution in [-0.4, -0.2) is 29.9 Å². The van der Waals surface area contributed by atoms with Crippen molar-refractivity contribution in [3.63, 3.8) is 0 Å². The second-order valence-electron chi connectivity index (χ2n) is 4.05. The first-order chi connectivity index (χ1) is 9.10. The minimum atomic E-state index is -0.0818. The molecule has 4 nitrogen and oxygen atoms in total. The van der Waals surface area contributed by atoms with E-state index in [1.807, 2.05) is 23.6 Å². The first-order valence-electron chi connectivity index (χ1n) is 5.73. The van der Waals surface area contributed by atoms with E-state index in [1.165, 1.54) is 0 Å². The van der Waals surface area contributed by atoms with Crippen molar-refractivity contribution in [1.29, 1.82) is 0 Å². The molecule has 2 aromatic rings. The average molecular weight is 340 g/mol. The van der Waals surface area contributed by atoms with Crippen molar-refractivity contribution < 1.29 is 4.79 Å². The number of hydrogen-bond acceptors (Lipinski definition) is 4. The molecule has 0 atom stereocenters. The summed E-state index contributed by atoms with van der Waals surface area (Å²) in [7, 11) is 3.56. The highest BCUT2D eigenvalue weighted by Crippen LogP contribution is 2.21. The molecule has 0 spiro atoms. The summed E-state index contributed by atoms with van der Waals surface area (Å²) < 4.78 is 1.05. The normalized spacial score (nSPS) is 10.3. The first kappa shape index (κ1) is 14.0. The molecule has 1 amide bonds. The van der Waals surface area contributed by atoms with Crippen molar-refractivity contribution in [2.45, 2.75) is 6.54 Å². The monoisotopic (exact) mass is 339 g/mol. The lowest BCUT2D eigenvalue weighted by atomic mass is 10.3. The van der Waals surface area contributed by atoms with Crippen LogP contribution in [0.3, 0.4) is 0 Å². The molecule has 0 unspecified atom stereocenters. The minimum Gasteiger partial charge on any atom is -0.373 e. The summed E-state index contributed by atoms with van der Waals surface area (Å²) in [6.45, 7) is 0.584. The summed E-state index contributed by atoms with van der Waals surface area (Å²) in [5, 5.41) is 4.94. The predicted molar refractivity (Wildman–Crippen MR) is 81.6 cm³/mol. The second kappa shape index (κ2) is 6.16. The largest absolute Gasteiger partial charge is 0.373 e. The quantitative estimate of drug-likeness (QED) is 0.930. The van der Waals surface area contributed by atoms with Crippen LogP contribution in [0, 0.1) is 0 Å². The molecule has 0 aliphatic carbocycles. The zero-order valence-corrected chi connectivity index (χ0v) is 13.1. The molecule has 0 aliphatic rings. The van der Waals surface area contributed by atoms with Gasteiger partial charge in [-0.3, -0.25) is 4.79 Å². The fourth-order valence-corrected chi connectivity index (χ4v) is 3.13. The number of nitrogens with zero attached hydrogens (tertiary/aromatic N) is 2. The number of carbonyl (C=O) groups is 1. The van der Waals surface area contributed by atoms with Crippen molar-refractivity contribution >= 4 is 39.0 Å². The van der Waals surface area contributed by atoms with E-state index in [0.29, 0.717) is 18.1 Å². The third-order valence-electron chi connectivity index (χ3n) is 2.59. The van der Waals surface area contributed by atoms with Crippen LogP contribution in [-0.2, 0) is 6.54 Å². The van der Waals surface area contributed by atoms with Gasteiger partial charge in [0.15, 0.2) is 0 Å². The fourth-order valence-electron chi connectivity index (χ4n) is 1.63. The molecule has 0 saturated heterocycles. The number of nitrogens with one attached hydrogen (secondary N) is 1. The van der Waals surface area contributed by atoms with Crippen molar-refractivity contribution in [2.24, 2.45) is 0 Å². The average Bonchev–Trinajstić information content (AvgIpc) is 2.83. The SMILES string of the molecule is CNc1cccc(C(=O)N(C)Cc2cc(Br)cs2)n1. The molecule has 2 aromatic heterocycles. The number of rotatable bonds is 4. The number of pyridine rings is 1. The first-order valence-corrected chi connectivity index (χ1v) is 7.40. The summed E-state index contributed by atoms with van der Waals surface area (Å²) in [4.78, 5) is 19.3. The van der Waals surface area contributed by atoms with Crippen LogP contribution in [0.5, 0.6) is 0 Å². The van der Waals surface area contributed by atoms with Gasteiger partial charge in [0.05, 0.1) is 6.54 Å². The highest BCUT2D eigenvalue weighted by Gasteiger charge is 2.14. The van der Waals surface area contributed by atoms with Gasteiger partial charge in [0.25, 0.3) is 5.91 Å². The molecule has 100 valence electrons. The predicted octanol–water partition coefficient (Wildman–Crippen LogP) is 3.22. The van der Waals surface area contributed by atoms with Crippen LogP contribution < -0.4 is 5.32 Å². The Balaban J connectivity index is 2.09. The second-order valence-corrected chi connectivity index (χ2v) is 5.96. The summed E-state index contributed by atoms with van der Waals surface area (Å²) >= 11 is 5.03. The standard InChI is InChI=1S/C13H14BrN3OS/c1-15-12-5-3-4-11(16-12)13(18)17(2)7-10-6-9(14)8-19-10/h3-6,8H,7H2,1-2H3,(H,15,16). The van der Waals surface area contributed by atoms with Crippen LogP contribution >= 0.6 is 27.3 Å². The number of hydrogen-bond donors (Lipinski definition) is 1. The van der Waals surface area contributed by atoms with E-state index in [2.05, 4.69) is 26.2 Å². The Kier molecular flexibility index (Phi) is 4.55. The lowest BCUT2D eigenvalue weighted by Crippen LogP contribution is -2.26. The molecule has 2 rings (SSSR count). The highest BCUT2D eigenvalue weighted by atomic mass is 79.9. The molecule has 2 heterocycles. The summed E-state index contributed by atoms with van der Waals surface area (Å²) in [5.74, 6) is 0.611. The number of halogens is 1. The fraction of sp³-hybridized carbons (Fsp3) is 0.231. The molecular weight excluding hydrogens is 326 g/mol. The highest BCUT2D eigenvalue weighted by molar-refractivity contribution is 9.10. The maximum atomic E-state index is 12.3. The molecule has 0 aliphatic heterocycles. The number of amides is 1. The Morgan fingerprint density at radius 1 is 1.53 bits per heavy atom. The van der Waals surface area contributed by atoms with E-state index in [9.17, 15) is 4.79 Å². The lowest BCUT2D eigenvalue weighted by Gasteiger charge is -2.16. The molecule has 6 heteroatoms. The van der Waals surface area contributed by atoms with Crippen molar-refractivity contribution in [3.05, 3.63) is 44.7 Å². The van der Waals surface area contributed by atoms with Gasteiger partial charge in [0.1, 0.15) is 11.5 Å². The smallest absolute Gasteiger partial charge is 0.272 e. The van der Waals surface area contributed by atoms with E-state index in [0.717, 1.165) is 9.35 Å². The number of aromatic nitrogens is 1. The van der Waals surface area contributed by atoms with Crippen molar-refractivity contribution in [1.82, 2.24) is 9.88 Å². The number of thiophene rings is 1. The Morgan fingerprint density at radius 2 is 2.32 bits per heavy atom. The Bertz CT molecular complexity index is 585. The zero-order chi connectivity index (χ0) is 13.8. The Labute approximate surface area is 124 Å². The molecule has 0 fully saturated rings. The van der Waals surface area contributed by atoms with E-state index in [1.54, 1.807) is 36.4 Å². The summed E-state index contributed by atoms with van der Waals surface area (Å²) in [5.41, 5.74) is 0.449.